The first-order valence-electron chi connectivity index (χ1n) is 12.7. The zero-order valence-corrected chi connectivity index (χ0v) is 23.8. The first-order chi connectivity index (χ1) is 19.1. The van der Waals surface area contributed by atoms with Crippen LogP contribution in [0.25, 0.3) is 0 Å². The van der Waals surface area contributed by atoms with Gasteiger partial charge in [0, 0.05) is 19.2 Å². The molecule has 1 unspecified atom stereocenters. The molecule has 3 aromatic rings. The van der Waals surface area contributed by atoms with Gasteiger partial charge in [-0.3, -0.25) is 13.9 Å². The number of anilines is 1. The van der Waals surface area contributed by atoms with E-state index in [9.17, 15) is 22.4 Å². The SMILES string of the molecule is CCCNC(=O)C(C)N(Cc1ccc(F)cc1)C(=O)CN(c1cc(OC)ccc1OC)S(=O)(=O)c1ccccc1. The maximum atomic E-state index is 13.9. The quantitative estimate of drug-likeness (QED) is 0.333. The molecule has 1 N–H and O–H groups in total. The normalized spacial score (nSPS) is 11.8. The van der Waals surface area contributed by atoms with Crippen LogP contribution in [0, 0.1) is 5.82 Å². The number of methoxy groups -OCH3 is 2. The van der Waals surface area contributed by atoms with Crippen LogP contribution < -0.4 is 19.1 Å². The Bertz CT molecular complexity index is 1400. The fourth-order valence-corrected chi connectivity index (χ4v) is 5.43. The summed E-state index contributed by atoms with van der Waals surface area (Å²) < 4.78 is 53.1. The predicted molar refractivity (Wildman–Crippen MR) is 150 cm³/mol. The van der Waals surface area contributed by atoms with E-state index in [0.29, 0.717) is 24.3 Å². The number of carbonyl (C=O) groups is 2. The van der Waals surface area contributed by atoms with Gasteiger partial charge in [-0.25, -0.2) is 12.8 Å². The predicted octanol–water partition coefficient (Wildman–Crippen LogP) is 3.98. The van der Waals surface area contributed by atoms with Crippen molar-refractivity contribution in [3.05, 3.63) is 84.2 Å². The first kappa shape index (κ1) is 30.4. The van der Waals surface area contributed by atoms with E-state index in [2.05, 4.69) is 5.32 Å². The van der Waals surface area contributed by atoms with Crippen LogP contribution >= 0.6 is 0 Å². The Kier molecular flexibility index (Phi) is 10.5. The Labute approximate surface area is 234 Å². The Morgan fingerprint density at radius 2 is 1.65 bits per heavy atom. The van der Waals surface area contributed by atoms with Crippen LogP contribution in [0.2, 0.25) is 0 Å². The molecule has 1 atom stereocenters. The number of halogens is 1. The minimum Gasteiger partial charge on any atom is -0.497 e. The van der Waals surface area contributed by atoms with Crippen molar-refractivity contribution >= 4 is 27.5 Å². The third-order valence-electron chi connectivity index (χ3n) is 6.25. The van der Waals surface area contributed by atoms with Crippen molar-refractivity contribution in [3.63, 3.8) is 0 Å². The number of hydrogen-bond donors (Lipinski definition) is 1. The van der Waals surface area contributed by atoms with E-state index in [4.69, 9.17) is 9.47 Å². The van der Waals surface area contributed by atoms with Gasteiger partial charge >= 0.3 is 0 Å². The second-order valence-electron chi connectivity index (χ2n) is 8.98. The summed E-state index contributed by atoms with van der Waals surface area (Å²) in [6.07, 6.45) is 0.698. The standard InChI is InChI=1S/C29H34FN3O6S/c1-5-17-31-29(35)21(2)32(19-22-11-13-23(30)14-12-22)28(34)20-33(40(36,37)25-9-7-6-8-10-25)26-18-24(38-3)15-16-27(26)39-4/h6-16,18,21H,5,17,19-20H2,1-4H3,(H,31,35). The van der Waals surface area contributed by atoms with Gasteiger partial charge in [0.25, 0.3) is 10.0 Å². The van der Waals surface area contributed by atoms with E-state index < -0.39 is 40.2 Å². The summed E-state index contributed by atoms with van der Waals surface area (Å²) in [6.45, 7) is 3.19. The highest BCUT2D eigenvalue weighted by molar-refractivity contribution is 7.92. The molecule has 0 saturated carbocycles. The van der Waals surface area contributed by atoms with Crippen molar-refractivity contribution in [2.75, 3.05) is 31.6 Å². The Balaban J connectivity index is 2.09. The van der Waals surface area contributed by atoms with Crippen LogP contribution in [-0.4, -0.2) is 58.5 Å². The molecule has 2 amide bonds. The molecule has 0 fully saturated rings. The lowest BCUT2D eigenvalue weighted by Crippen LogP contribution is -2.51. The Morgan fingerprint density at radius 1 is 0.975 bits per heavy atom. The average molecular weight is 572 g/mol. The monoisotopic (exact) mass is 571 g/mol. The van der Waals surface area contributed by atoms with E-state index >= 15 is 0 Å². The van der Waals surface area contributed by atoms with Gasteiger partial charge in [-0.2, -0.15) is 0 Å². The van der Waals surface area contributed by atoms with Crippen molar-refractivity contribution in [2.45, 2.75) is 37.8 Å². The molecule has 0 aliphatic rings. The summed E-state index contributed by atoms with van der Waals surface area (Å²) >= 11 is 0. The van der Waals surface area contributed by atoms with Crippen LogP contribution in [0.1, 0.15) is 25.8 Å². The molecule has 0 aliphatic heterocycles. The number of sulfonamides is 1. The number of nitrogens with zero attached hydrogens (tertiary/aromatic N) is 2. The number of amides is 2. The van der Waals surface area contributed by atoms with Crippen LogP contribution in [0.4, 0.5) is 10.1 Å². The summed E-state index contributed by atoms with van der Waals surface area (Å²) in [5.41, 5.74) is 0.658. The number of carbonyl (C=O) groups excluding carboxylic acids is 2. The van der Waals surface area contributed by atoms with E-state index in [1.165, 1.54) is 61.6 Å². The van der Waals surface area contributed by atoms with E-state index in [1.807, 2.05) is 6.92 Å². The third kappa shape index (κ3) is 7.29. The summed E-state index contributed by atoms with van der Waals surface area (Å²) in [7, 11) is -1.45. The molecule has 3 rings (SSSR count). The lowest BCUT2D eigenvalue weighted by molar-refractivity contribution is -0.139. The molecule has 40 heavy (non-hydrogen) atoms. The number of nitrogens with one attached hydrogen (secondary N) is 1. The molecule has 0 saturated heterocycles. The Hall–Kier alpha value is -4.12. The third-order valence-corrected chi connectivity index (χ3v) is 8.02. The highest BCUT2D eigenvalue weighted by atomic mass is 32.2. The maximum absolute atomic E-state index is 13.9. The smallest absolute Gasteiger partial charge is 0.264 e. The van der Waals surface area contributed by atoms with Gasteiger partial charge in [-0.1, -0.05) is 37.3 Å². The number of ether oxygens (including phenoxy) is 2. The molecular formula is C29H34FN3O6S. The van der Waals surface area contributed by atoms with Gasteiger partial charge in [0.15, 0.2) is 0 Å². The van der Waals surface area contributed by atoms with Crippen molar-refractivity contribution in [1.82, 2.24) is 10.2 Å². The highest BCUT2D eigenvalue weighted by Gasteiger charge is 2.34. The van der Waals surface area contributed by atoms with Crippen LogP contribution in [0.5, 0.6) is 11.5 Å². The lowest BCUT2D eigenvalue weighted by Gasteiger charge is -2.32. The molecule has 0 radical (unpaired) electrons. The molecule has 214 valence electrons. The van der Waals surface area contributed by atoms with Crippen molar-refractivity contribution in [3.8, 4) is 11.5 Å². The van der Waals surface area contributed by atoms with Gasteiger partial charge in [0.2, 0.25) is 11.8 Å². The van der Waals surface area contributed by atoms with Crippen LogP contribution in [-0.2, 0) is 26.2 Å². The largest absolute Gasteiger partial charge is 0.497 e. The summed E-state index contributed by atoms with van der Waals surface area (Å²) in [6, 6.07) is 16.9. The van der Waals surface area contributed by atoms with E-state index in [-0.39, 0.29) is 22.9 Å². The first-order valence-corrected chi connectivity index (χ1v) is 14.2. The number of rotatable bonds is 13. The highest BCUT2D eigenvalue weighted by Crippen LogP contribution is 2.36. The van der Waals surface area contributed by atoms with Crippen molar-refractivity contribution in [1.29, 1.82) is 0 Å². The van der Waals surface area contributed by atoms with Gasteiger partial charge in [-0.15, -0.1) is 0 Å². The fraction of sp³-hybridized carbons (Fsp3) is 0.310. The molecule has 0 spiro atoms. The van der Waals surface area contributed by atoms with Gasteiger partial charge in [0.1, 0.15) is 29.9 Å². The summed E-state index contributed by atoms with van der Waals surface area (Å²) in [5, 5.41) is 2.78. The van der Waals surface area contributed by atoms with Crippen LogP contribution in [0.15, 0.2) is 77.7 Å². The topological polar surface area (TPSA) is 105 Å². The molecule has 0 aromatic heterocycles. The van der Waals surface area contributed by atoms with Crippen molar-refractivity contribution < 1.29 is 31.9 Å². The zero-order valence-electron chi connectivity index (χ0n) is 23.0. The lowest BCUT2D eigenvalue weighted by atomic mass is 10.1. The zero-order chi connectivity index (χ0) is 29.3. The summed E-state index contributed by atoms with van der Waals surface area (Å²) in [5.74, 6) is -0.930. The maximum Gasteiger partial charge on any atom is 0.264 e. The number of benzene rings is 3. The fourth-order valence-electron chi connectivity index (χ4n) is 3.99. The van der Waals surface area contributed by atoms with E-state index in [1.54, 1.807) is 37.3 Å². The van der Waals surface area contributed by atoms with E-state index in [0.717, 1.165) is 4.31 Å². The molecule has 0 aliphatic carbocycles. The molecule has 11 heteroatoms. The molecule has 0 bridgehead atoms. The second-order valence-corrected chi connectivity index (χ2v) is 10.8. The average Bonchev–Trinajstić information content (AvgIpc) is 2.97. The molecular weight excluding hydrogens is 537 g/mol. The Morgan fingerprint density at radius 3 is 2.25 bits per heavy atom. The summed E-state index contributed by atoms with van der Waals surface area (Å²) in [4.78, 5) is 28.1. The van der Waals surface area contributed by atoms with Gasteiger partial charge in [-0.05, 0) is 55.3 Å². The minimum atomic E-state index is -4.28. The second kappa shape index (κ2) is 13.8. The van der Waals surface area contributed by atoms with Gasteiger partial charge < -0.3 is 19.7 Å². The van der Waals surface area contributed by atoms with Crippen LogP contribution in [0.3, 0.4) is 0 Å². The molecule has 0 heterocycles. The number of hydrogen-bond acceptors (Lipinski definition) is 6. The minimum absolute atomic E-state index is 0.0357. The van der Waals surface area contributed by atoms with Gasteiger partial charge in [0.05, 0.1) is 24.8 Å². The molecule has 9 nitrogen and oxygen atoms in total. The van der Waals surface area contributed by atoms with Crippen molar-refractivity contribution in [2.24, 2.45) is 0 Å². The molecule has 3 aromatic carbocycles.